The van der Waals surface area contributed by atoms with Gasteiger partial charge in [0.1, 0.15) is 0 Å². The predicted octanol–water partition coefficient (Wildman–Crippen LogP) is 7.40. The molecule has 2 aromatic heterocycles. The van der Waals surface area contributed by atoms with E-state index in [0.717, 1.165) is 21.5 Å². The quantitative estimate of drug-likeness (QED) is 0.222. The first-order valence-corrected chi connectivity index (χ1v) is 13.6. The number of carbonyl (C=O) groups excluding carboxylic acids is 2. The Kier molecular flexibility index (Phi) is 6.94. The van der Waals surface area contributed by atoms with E-state index in [1.807, 2.05) is 66.2 Å². The molecule has 2 heterocycles. The summed E-state index contributed by atoms with van der Waals surface area (Å²) < 4.78 is 0. The van der Waals surface area contributed by atoms with Crippen LogP contribution in [0.2, 0.25) is 0 Å². The van der Waals surface area contributed by atoms with Gasteiger partial charge < -0.3 is 10.6 Å². The largest absolute Gasteiger partial charge is 0.321 e. The summed E-state index contributed by atoms with van der Waals surface area (Å²) in [5, 5.41) is 12.2. The van der Waals surface area contributed by atoms with Crippen LogP contribution in [0.1, 0.15) is 16.6 Å². The summed E-state index contributed by atoms with van der Waals surface area (Å²) >= 11 is 4.24. The van der Waals surface area contributed by atoms with E-state index >= 15 is 0 Å². The lowest BCUT2D eigenvalue weighted by molar-refractivity contribution is -0.115. The van der Waals surface area contributed by atoms with Gasteiger partial charge in [-0.2, -0.15) is 0 Å². The highest BCUT2D eigenvalue weighted by Crippen LogP contribution is 2.30. The lowest BCUT2D eigenvalue weighted by Crippen LogP contribution is -2.22. The van der Waals surface area contributed by atoms with Crippen molar-refractivity contribution in [3.8, 4) is 11.3 Å². The number of thiazole rings is 1. The first-order chi connectivity index (χ1) is 17.0. The average Bonchev–Trinajstić information content (AvgIpc) is 3.57. The number of thiophene rings is 1. The number of benzene rings is 3. The van der Waals surface area contributed by atoms with Crippen molar-refractivity contribution >= 4 is 67.8 Å². The second-order valence-corrected chi connectivity index (χ2v) is 11.0. The minimum absolute atomic E-state index is 0.123. The van der Waals surface area contributed by atoms with Crippen LogP contribution < -0.4 is 10.6 Å². The number of rotatable bonds is 7. The number of anilines is 2. The van der Waals surface area contributed by atoms with Gasteiger partial charge in [-0.15, -0.1) is 34.4 Å². The summed E-state index contributed by atoms with van der Waals surface area (Å²) in [6, 6.07) is 25.6. The first-order valence-electron chi connectivity index (χ1n) is 10.9. The Morgan fingerprint density at radius 3 is 2.57 bits per heavy atom. The zero-order valence-electron chi connectivity index (χ0n) is 18.7. The van der Waals surface area contributed by atoms with Crippen molar-refractivity contribution < 1.29 is 9.59 Å². The normalized spacial score (nSPS) is 11.8. The lowest BCUT2D eigenvalue weighted by Gasteiger charge is -2.12. The lowest BCUT2D eigenvalue weighted by atomic mass is 10.1. The molecule has 0 aliphatic carbocycles. The fraction of sp³-hybridized carbons (Fsp3) is 0.0741. The molecule has 0 saturated heterocycles. The molecule has 174 valence electrons. The minimum atomic E-state index is -0.341. The fourth-order valence-corrected chi connectivity index (χ4v) is 5.79. The molecule has 8 heteroatoms. The van der Waals surface area contributed by atoms with Crippen LogP contribution in [0, 0.1) is 0 Å². The van der Waals surface area contributed by atoms with Crippen LogP contribution in [0.25, 0.3) is 22.0 Å². The maximum Gasteiger partial charge on any atom is 0.265 e. The van der Waals surface area contributed by atoms with Crippen molar-refractivity contribution in [1.82, 2.24) is 4.98 Å². The third-order valence-corrected chi connectivity index (χ3v) is 8.02. The Hall–Kier alpha value is -3.46. The Morgan fingerprint density at radius 1 is 0.886 bits per heavy atom. The third-order valence-electron chi connectivity index (χ3n) is 5.30. The fourth-order valence-electron chi connectivity index (χ4n) is 3.52. The summed E-state index contributed by atoms with van der Waals surface area (Å²) in [5.74, 6) is -0.263. The van der Waals surface area contributed by atoms with Crippen molar-refractivity contribution in [2.24, 2.45) is 0 Å². The van der Waals surface area contributed by atoms with Gasteiger partial charge in [-0.05, 0) is 53.4 Å². The number of hydrogen-bond donors (Lipinski definition) is 2. The molecular weight excluding hydrogens is 495 g/mol. The molecule has 2 amide bonds. The number of aromatic nitrogens is 1. The van der Waals surface area contributed by atoms with Crippen LogP contribution in [0.4, 0.5) is 10.8 Å². The number of nitrogens with zero attached hydrogens (tertiary/aromatic N) is 1. The van der Waals surface area contributed by atoms with Gasteiger partial charge in [0, 0.05) is 21.5 Å². The number of fused-ring (bicyclic) bond motifs is 1. The monoisotopic (exact) mass is 515 g/mol. The van der Waals surface area contributed by atoms with Crippen LogP contribution in [0.3, 0.4) is 0 Å². The van der Waals surface area contributed by atoms with Gasteiger partial charge in [0.25, 0.3) is 5.91 Å². The molecular formula is C27H21N3O2S3. The SMILES string of the molecule is CC(Sc1cccc(NC(=O)c2cccs2)c1)C(=O)Nc1nc(-c2ccc3ccccc3c2)cs1. The van der Waals surface area contributed by atoms with Crippen molar-refractivity contribution in [2.75, 3.05) is 10.6 Å². The number of carbonyl (C=O) groups is 2. The Morgan fingerprint density at radius 2 is 1.74 bits per heavy atom. The van der Waals surface area contributed by atoms with Crippen LogP contribution in [0.15, 0.2) is 94.5 Å². The average molecular weight is 516 g/mol. The van der Waals surface area contributed by atoms with Gasteiger partial charge in [-0.1, -0.05) is 48.5 Å². The summed E-state index contributed by atoms with van der Waals surface area (Å²) in [6.07, 6.45) is 0. The second kappa shape index (κ2) is 10.4. The predicted molar refractivity (Wildman–Crippen MR) is 148 cm³/mol. The van der Waals surface area contributed by atoms with Crippen molar-refractivity contribution in [3.05, 3.63) is 94.5 Å². The van der Waals surface area contributed by atoms with Crippen molar-refractivity contribution in [3.63, 3.8) is 0 Å². The third kappa shape index (κ3) is 5.62. The number of thioether (sulfide) groups is 1. The second-order valence-electron chi connectivity index (χ2n) is 7.81. The van der Waals surface area contributed by atoms with E-state index in [-0.39, 0.29) is 17.1 Å². The van der Waals surface area contributed by atoms with Crippen molar-refractivity contribution in [2.45, 2.75) is 17.1 Å². The molecule has 5 nitrogen and oxygen atoms in total. The molecule has 35 heavy (non-hydrogen) atoms. The summed E-state index contributed by atoms with van der Waals surface area (Å²) in [4.78, 5) is 31.3. The van der Waals surface area contributed by atoms with Crippen LogP contribution in [-0.2, 0) is 4.79 Å². The molecule has 1 unspecified atom stereocenters. The molecule has 0 aliphatic heterocycles. The van der Waals surface area contributed by atoms with E-state index < -0.39 is 0 Å². The molecule has 5 rings (SSSR count). The summed E-state index contributed by atoms with van der Waals surface area (Å²) in [5.41, 5.74) is 2.55. The smallest absolute Gasteiger partial charge is 0.265 e. The molecule has 0 aliphatic rings. The zero-order valence-corrected chi connectivity index (χ0v) is 21.2. The summed E-state index contributed by atoms with van der Waals surface area (Å²) in [7, 11) is 0. The van der Waals surface area contributed by atoms with Crippen LogP contribution >= 0.6 is 34.4 Å². The molecule has 1 atom stereocenters. The van der Waals surface area contributed by atoms with Gasteiger partial charge in [0.05, 0.1) is 15.8 Å². The summed E-state index contributed by atoms with van der Waals surface area (Å²) in [6.45, 7) is 1.86. The van der Waals surface area contributed by atoms with Gasteiger partial charge in [0.15, 0.2) is 5.13 Å². The highest BCUT2D eigenvalue weighted by Gasteiger charge is 2.17. The van der Waals surface area contributed by atoms with Crippen molar-refractivity contribution in [1.29, 1.82) is 0 Å². The molecule has 5 aromatic rings. The Bertz CT molecular complexity index is 1490. The number of amides is 2. The van der Waals surface area contributed by atoms with Gasteiger partial charge in [-0.25, -0.2) is 4.98 Å². The number of nitrogens with one attached hydrogen (secondary N) is 2. The zero-order chi connectivity index (χ0) is 24.2. The van der Waals surface area contributed by atoms with Crippen LogP contribution in [0.5, 0.6) is 0 Å². The minimum Gasteiger partial charge on any atom is -0.321 e. The maximum absolute atomic E-state index is 12.8. The standard InChI is InChI=1S/C27H21N3O2S3/c1-17(35-22-9-4-8-21(15-22)28-26(32)24-10-5-13-33-24)25(31)30-27-29-23(16-34-27)20-12-11-18-6-2-3-7-19(18)14-20/h2-17H,1H3,(H,28,32)(H,29,30,31). The first kappa shape index (κ1) is 23.3. The van der Waals surface area contributed by atoms with Crippen LogP contribution in [-0.4, -0.2) is 22.0 Å². The highest BCUT2D eigenvalue weighted by molar-refractivity contribution is 8.00. The Labute approximate surface area is 215 Å². The van der Waals surface area contributed by atoms with Gasteiger partial charge in [0.2, 0.25) is 5.91 Å². The molecule has 2 N–H and O–H groups in total. The van der Waals surface area contributed by atoms with E-state index in [9.17, 15) is 9.59 Å². The molecule has 0 saturated carbocycles. The molecule has 0 fully saturated rings. The molecule has 0 spiro atoms. The Balaban J connectivity index is 1.21. The number of hydrogen-bond acceptors (Lipinski definition) is 6. The van der Waals surface area contributed by atoms with E-state index in [1.165, 1.54) is 39.8 Å². The van der Waals surface area contributed by atoms with E-state index in [0.29, 0.717) is 15.7 Å². The molecule has 0 radical (unpaired) electrons. The highest BCUT2D eigenvalue weighted by atomic mass is 32.2. The van der Waals surface area contributed by atoms with E-state index in [1.54, 1.807) is 6.07 Å². The van der Waals surface area contributed by atoms with E-state index in [2.05, 4.69) is 39.9 Å². The topological polar surface area (TPSA) is 71.1 Å². The molecule has 0 bridgehead atoms. The van der Waals surface area contributed by atoms with Gasteiger partial charge in [-0.3, -0.25) is 9.59 Å². The maximum atomic E-state index is 12.8. The van der Waals surface area contributed by atoms with Gasteiger partial charge >= 0.3 is 0 Å². The molecule has 3 aromatic carbocycles. The van der Waals surface area contributed by atoms with E-state index in [4.69, 9.17) is 0 Å².